The van der Waals surface area contributed by atoms with Crippen molar-refractivity contribution in [2.75, 3.05) is 26.3 Å². The molecule has 1 fully saturated rings. The zero-order valence-corrected chi connectivity index (χ0v) is 28.5. The number of ether oxygens (including phenoxy) is 3. The number of halogens is 2. The standard InChI is InChI=1S/C33H47ClFN3O4Si/c1-8-29(28-20-26(34)19-24-21-38(36-30(24)28)23-40-17-18-43(5,6)7)41-22-33(25-9-11-27(35)12-10-25)13-15-37(16-14-33)31(39)42-32(2,3)4/h9-12,19-21,29H,8,13-18,22-23H2,1-7H3. The van der Waals surface area contributed by atoms with Crippen LogP contribution >= 0.6 is 11.6 Å². The molecule has 1 aliphatic rings. The highest BCUT2D eigenvalue weighted by atomic mass is 35.5. The molecule has 4 rings (SSSR count). The minimum Gasteiger partial charge on any atom is -0.444 e. The SMILES string of the molecule is CCC(OCC1(c2ccc(F)cc2)CCN(C(=O)OC(C)(C)C)CC1)c1cc(Cl)cc2cn(COCC[Si](C)(C)C)nc12. The van der Waals surface area contributed by atoms with Gasteiger partial charge in [-0.2, -0.15) is 5.10 Å². The molecule has 1 aromatic heterocycles. The molecule has 236 valence electrons. The quantitative estimate of drug-likeness (QED) is 0.157. The van der Waals surface area contributed by atoms with Gasteiger partial charge in [-0.05, 0) is 75.9 Å². The van der Waals surface area contributed by atoms with Gasteiger partial charge in [0.15, 0.2) is 0 Å². The summed E-state index contributed by atoms with van der Waals surface area (Å²) < 4.78 is 34.0. The van der Waals surface area contributed by atoms with Gasteiger partial charge in [0.25, 0.3) is 0 Å². The second kappa shape index (κ2) is 13.7. The van der Waals surface area contributed by atoms with Crippen molar-refractivity contribution in [2.24, 2.45) is 0 Å². The summed E-state index contributed by atoms with van der Waals surface area (Å²) in [5.74, 6) is -0.279. The number of carbonyl (C=O) groups excluding carboxylic acids is 1. The second-order valence-corrected chi connectivity index (χ2v) is 20.0. The fraction of sp³-hybridized carbons (Fsp3) is 0.576. The van der Waals surface area contributed by atoms with E-state index in [0.717, 1.165) is 41.1 Å². The lowest BCUT2D eigenvalue weighted by Gasteiger charge is -2.43. The van der Waals surface area contributed by atoms with Crippen molar-refractivity contribution in [1.82, 2.24) is 14.7 Å². The Morgan fingerprint density at radius 2 is 1.81 bits per heavy atom. The van der Waals surface area contributed by atoms with E-state index in [1.165, 1.54) is 12.1 Å². The predicted molar refractivity (Wildman–Crippen MR) is 173 cm³/mol. The third-order valence-electron chi connectivity index (χ3n) is 7.98. The van der Waals surface area contributed by atoms with Gasteiger partial charge >= 0.3 is 6.09 Å². The normalized spacial score (nSPS) is 16.4. The van der Waals surface area contributed by atoms with Crippen molar-refractivity contribution in [3.05, 3.63) is 64.6 Å². The molecule has 2 aromatic carbocycles. The fourth-order valence-electron chi connectivity index (χ4n) is 5.47. The first kappa shape index (κ1) is 33.4. The van der Waals surface area contributed by atoms with E-state index < -0.39 is 13.7 Å². The van der Waals surface area contributed by atoms with Gasteiger partial charge in [-0.1, -0.05) is 50.3 Å². The van der Waals surface area contributed by atoms with Crippen LogP contribution in [0.25, 0.3) is 10.9 Å². The average Bonchev–Trinajstić information content (AvgIpc) is 3.33. The molecule has 3 aromatic rings. The van der Waals surface area contributed by atoms with Gasteiger partial charge in [0.1, 0.15) is 18.1 Å². The lowest BCUT2D eigenvalue weighted by atomic mass is 9.73. The number of amides is 1. The molecular weight excluding hydrogens is 585 g/mol. The molecule has 1 amide bonds. The first-order valence-electron chi connectivity index (χ1n) is 15.3. The van der Waals surface area contributed by atoms with Gasteiger partial charge in [0.05, 0.1) is 18.2 Å². The Morgan fingerprint density at radius 1 is 1.14 bits per heavy atom. The van der Waals surface area contributed by atoms with Gasteiger partial charge < -0.3 is 19.1 Å². The lowest BCUT2D eigenvalue weighted by molar-refractivity contribution is -0.0152. The highest BCUT2D eigenvalue weighted by Gasteiger charge is 2.39. The number of hydrogen-bond donors (Lipinski definition) is 0. The molecule has 43 heavy (non-hydrogen) atoms. The fourth-order valence-corrected chi connectivity index (χ4v) is 6.46. The van der Waals surface area contributed by atoms with E-state index in [9.17, 15) is 9.18 Å². The summed E-state index contributed by atoms with van der Waals surface area (Å²) in [5.41, 5.74) is 1.84. The summed E-state index contributed by atoms with van der Waals surface area (Å²) in [6.07, 6.45) is 3.47. The Bertz CT molecular complexity index is 1380. The molecule has 2 heterocycles. The van der Waals surface area contributed by atoms with Gasteiger partial charge in [-0.15, -0.1) is 0 Å². The van der Waals surface area contributed by atoms with E-state index in [1.807, 2.05) is 55.9 Å². The first-order valence-corrected chi connectivity index (χ1v) is 19.4. The topological polar surface area (TPSA) is 65.8 Å². The monoisotopic (exact) mass is 631 g/mol. The van der Waals surface area contributed by atoms with Crippen LogP contribution in [0.5, 0.6) is 0 Å². The van der Waals surface area contributed by atoms with Crippen molar-refractivity contribution in [3.63, 3.8) is 0 Å². The number of likely N-dealkylation sites (tertiary alicyclic amines) is 1. The zero-order valence-electron chi connectivity index (χ0n) is 26.7. The molecule has 1 aliphatic heterocycles. The number of carbonyl (C=O) groups is 1. The summed E-state index contributed by atoms with van der Waals surface area (Å²) in [5, 5.41) is 6.43. The van der Waals surface area contributed by atoms with Gasteiger partial charge in [0.2, 0.25) is 0 Å². The molecule has 0 saturated carbocycles. The molecule has 1 saturated heterocycles. The van der Waals surface area contributed by atoms with Gasteiger partial charge in [-0.25, -0.2) is 13.9 Å². The highest BCUT2D eigenvalue weighted by Crippen LogP contribution is 2.39. The maximum Gasteiger partial charge on any atom is 0.410 e. The Morgan fingerprint density at radius 3 is 2.42 bits per heavy atom. The molecule has 1 atom stereocenters. The van der Waals surface area contributed by atoms with Crippen LogP contribution in [-0.4, -0.2) is 60.8 Å². The number of piperidine rings is 1. The van der Waals surface area contributed by atoms with Crippen molar-refractivity contribution in [2.45, 2.75) is 96.5 Å². The minimum atomic E-state index is -1.17. The zero-order chi connectivity index (χ0) is 31.4. The second-order valence-electron chi connectivity index (χ2n) is 13.9. The molecule has 0 bridgehead atoms. The molecule has 0 radical (unpaired) electrons. The third kappa shape index (κ3) is 9.03. The molecule has 0 N–H and O–H groups in total. The Labute approximate surface area is 261 Å². The largest absolute Gasteiger partial charge is 0.444 e. The van der Waals surface area contributed by atoms with Crippen LogP contribution in [0.4, 0.5) is 9.18 Å². The van der Waals surface area contributed by atoms with Crippen molar-refractivity contribution in [3.8, 4) is 0 Å². The summed E-state index contributed by atoms with van der Waals surface area (Å²) in [7, 11) is -1.17. The summed E-state index contributed by atoms with van der Waals surface area (Å²) in [4.78, 5) is 14.5. The van der Waals surface area contributed by atoms with Crippen LogP contribution in [0.1, 0.15) is 64.2 Å². The van der Waals surface area contributed by atoms with Gasteiger partial charge in [0, 0.05) is 55.4 Å². The van der Waals surface area contributed by atoms with E-state index in [0.29, 0.717) is 44.3 Å². The van der Waals surface area contributed by atoms with Crippen molar-refractivity contribution < 1.29 is 23.4 Å². The van der Waals surface area contributed by atoms with E-state index in [4.69, 9.17) is 30.9 Å². The molecule has 10 heteroatoms. The van der Waals surface area contributed by atoms with E-state index >= 15 is 0 Å². The number of nitrogens with zero attached hydrogens (tertiary/aromatic N) is 3. The van der Waals surface area contributed by atoms with Crippen LogP contribution in [-0.2, 0) is 26.4 Å². The predicted octanol–water partition coefficient (Wildman–Crippen LogP) is 8.58. The van der Waals surface area contributed by atoms with Crippen molar-refractivity contribution in [1.29, 1.82) is 0 Å². The van der Waals surface area contributed by atoms with E-state index in [-0.39, 0.29) is 23.4 Å². The summed E-state index contributed by atoms with van der Waals surface area (Å²) in [6.45, 7) is 17.3. The molecule has 1 unspecified atom stereocenters. The van der Waals surface area contributed by atoms with E-state index in [2.05, 4.69) is 26.6 Å². The summed E-state index contributed by atoms with van der Waals surface area (Å²) >= 11 is 6.59. The van der Waals surface area contributed by atoms with Crippen LogP contribution in [0.2, 0.25) is 30.7 Å². The average molecular weight is 632 g/mol. The molecule has 0 aliphatic carbocycles. The van der Waals surface area contributed by atoms with Crippen LogP contribution in [0, 0.1) is 5.82 Å². The number of benzene rings is 2. The Balaban J connectivity index is 1.53. The maximum absolute atomic E-state index is 13.9. The highest BCUT2D eigenvalue weighted by molar-refractivity contribution is 6.76. The van der Waals surface area contributed by atoms with Crippen molar-refractivity contribution >= 4 is 36.7 Å². The Kier molecular flexibility index (Phi) is 10.6. The van der Waals surface area contributed by atoms with Crippen LogP contribution in [0.3, 0.4) is 0 Å². The van der Waals surface area contributed by atoms with E-state index in [1.54, 1.807) is 4.90 Å². The minimum absolute atomic E-state index is 0.251. The number of rotatable bonds is 11. The van der Waals surface area contributed by atoms with Crippen LogP contribution < -0.4 is 0 Å². The number of aromatic nitrogens is 2. The number of fused-ring (bicyclic) bond motifs is 1. The molecule has 0 spiro atoms. The molecular formula is C33H47ClFN3O4Si. The first-order chi connectivity index (χ1) is 20.2. The van der Waals surface area contributed by atoms with Gasteiger partial charge in [-0.3, -0.25) is 0 Å². The Hall–Kier alpha value is -2.46. The maximum atomic E-state index is 13.9. The molecule has 7 nitrogen and oxygen atoms in total. The summed E-state index contributed by atoms with van der Waals surface area (Å²) in [6, 6.07) is 11.6. The third-order valence-corrected chi connectivity index (χ3v) is 9.90. The van der Waals surface area contributed by atoms with Crippen LogP contribution in [0.15, 0.2) is 42.6 Å². The number of hydrogen-bond acceptors (Lipinski definition) is 5. The lowest BCUT2D eigenvalue weighted by Crippen LogP contribution is -2.48. The smallest absolute Gasteiger partial charge is 0.410 e.